The van der Waals surface area contributed by atoms with E-state index >= 15 is 0 Å². The molecule has 1 aliphatic rings. The second-order valence-corrected chi connectivity index (χ2v) is 6.73. The van der Waals surface area contributed by atoms with Gasteiger partial charge in [0.25, 0.3) is 0 Å². The molecule has 1 saturated heterocycles. The largest absolute Gasteiger partial charge is 0.433 e. The molecule has 140 valence electrons. The zero-order valence-electron chi connectivity index (χ0n) is 14.7. The van der Waals surface area contributed by atoms with Crippen LogP contribution in [0.4, 0.5) is 19.0 Å². The van der Waals surface area contributed by atoms with E-state index in [0.717, 1.165) is 12.5 Å². The van der Waals surface area contributed by atoms with Gasteiger partial charge in [-0.15, -0.1) is 0 Å². The molecule has 0 saturated carbocycles. The Hall–Kier alpha value is -2.22. The molecule has 0 amide bonds. The molecule has 0 radical (unpaired) electrons. The van der Waals surface area contributed by atoms with Crippen molar-refractivity contribution < 1.29 is 17.9 Å². The minimum absolute atomic E-state index is 0.0125. The van der Waals surface area contributed by atoms with E-state index in [2.05, 4.69) is 28.8 Å². The van der Waals surface area contributed by atoms with Crippen LogP contribution >= 0.6 is 0 Å². The normalized spacial score (nSPS) is 18.4. The summed E-state index contributed by atoms with van der Waals surface area (Å²) in [4.78, 5) is 14.0. The van der Waals surface area contributed by atoms with Crippen LogP contribution in [0.1, 0.15) is 26.0 Å². The van der Waals surface area contributed by atoms with Gasteiger partial charge in [0.2, 0.25) is 0 Å². The average Bonchev–Trinajstić information content (AvgIpc) is 2.61. The molecular formula is C18H21F3N4O. The topological polar surface area (TPSA) is 51.1 Å². The molecule has 2 aromatic rings. The number of rotatable bonds is 4. The highest BCUT2D eigenvalue weighted by molar-refractivity contribution is 5.57. The summed E-state index contributed by atoms with van der Waals surface area (Å²) in [6.45, 7) is 5.59. The van der Waals surface area contributed by atoms with E-state index in [1.807, 2.05) is 4.90 Å². The first kappa shape index (κ1) is 18.6. The van der Waals surface area contributed by atoms with Crippen LogP contribution in [0, 0.1) is 5.92 Å². The first-order valence-corrected chi connectivity index (χ1v) is 8.55. The number of halogens is 3. The Bertz CT molecular complexity index is 737. The molecule has 0 spiro atoms. The molecule has 8 heteroatoms. The molecule has 1 fully saturated rings. The fourth-order valence-electron chi connectivity index (χ4n) is 3.05. The van der Waals surface area contributed by atoms with Gasteiger partial charge in [-0.2, -0.15) is 13.2 Å². The quantitative estimate of drug-likeness (QED) is 0.824. The molecule has 1 atom stereocenters. The van der Waals surface area contributed by atoms with E-state index in [4.69, 9.17) is 4.74 Å². The van der Waals surface area contributed by atoms with E-state index in [1.54, 1.807) is 18.3 Å². The fraction of sp³-hybridized carbons (Fsp3) is 0.500. The molecule has 1 aliphatic heterocycles. The Morgan fingerprint density at radius 3 is 2.77 bits per heavy atom. The number of hydrogen-bond donors (Lipinski definition) is 0. The van der Waals surface area contributed by atoms with Crippen molar-refractivity contribution in [1.29, 1.82) is 0 Å². The first-order valence-electron chi connectivity index (χ1n) is 8.55. The summed E-state index contributed by atoms with van der Waals surface area (Å²) in [6.07, 6.45) is -0.717. The summed E-state index contributed by atoms with van der Waals surface area (Å²) >= 11 is 0. The van der Waals surface area contributed by atoms with Gasteiger partial charge in [-0.1, -0.05) is 13.8 Å². The van der Waals surface area contributed by atoms with Gasteiger partial charge in [-0.25, -0.2) is 9.97 Å². The number of nitrogens with zero attached hydrogens (tertiary/aromatic N) is 4. The smallest absolute Gasteiger partial charge is 0.377 e. The van der Waals surface area contributed by atoms with Gasteiger partial charge in [-0.05, 0) is 24.5 Å². The fourth-order valence-corrected chi connectivity index (χ4v) is 3.05. The molecule has 26 heavy (non-hydrogen) atoms. The van der Waals surface area contributed by atoms with Gasteiger partial charge in [-0.3, -0.25) is 4.98 Å². The molecule has 2 aromatic heterocycles. The monoisotopic (exact) mass is 366 g/mol. The zero-order chi connectivity index (χ0) is 18.7. The molecule has 0 bridgehead atoms. The molecule has 5 nitrogen and oxygen atoms in total. The van der Waals surface area contributed by atoms with Crippen LogP contribution in [0.2, 0.25) is 0 Å². The van der Waals surface area contributed by atoms with Crippen LogP contribution in [-0.2, 0) is 10.9 Å². The maximum atomic E-state index is 13.4. The second kappa shape index (κ2) is 7.57. The number of morpholine rings is 1. The Kier molecular flexibility index (Phi) is 5.41. The van der Waals surface area contributed by atoms with E-state index in [1.165, 1.54) is 6.20 Å². The van der Waals surface area contributed by atoms with Crippen LogP contribution in [0.15, 0.2) is 30.6 Å². The summed E-state index contributed by atoms with van der Waals surface area (Å²) in [5.74, 6) is 0.698. The van der Waals surface area contributed by atoms with E-state index in [0.29, 0.717) is 31.2 Å². The van der Waals surface area contributed by atoms with Gasteiger partial charge in [0.05, 0.1) is 19.3 Å². The maximum Gasteiger partial charge on any atom is 0.433 e. The minimum Gasteiger partial charge on any atom is -0.377 e. The van der Waals surface area contributed by atoms with E-state index < -0.39 is 11.9 Å². The van der Waals surface area contributed by atoms with Crippen molar-refractivity contribution in [3.63, 3.8) is 0 Å². The van der Waals surface area contributed by atoms with E-state index in [9.17, 15) is 13.2 Å². The highest BCUT2D eigenvalue weighted by atomic mass is 19.4. The van der Waals surface area contributed by atoms with Crippen LogP contribution in [0.25, 0.3) is 11.4 Å². The lowest BCUT2D eigenvalue weighted by atomic mass is 10.0. The van der Waals surface area contributed by atoms with Crippen molar-refractivity contribution in [3.05, 3.63) is 36.3 Å². The predicted octanol–water partition coefficient (Wildman–Crippen LogP) is 3.81. The summed E-state index contributed by atoms with van der Waals surface area (Å²) < 4.78 is 45.7. The van der Waals surface area contributed by atoms with Crippen molar-refractivity contribution in [2.24, 2.45) is 5.92 Å². The van der Waals surface area contributed by atoms with Crippen LogP contribution in [-0.4, -0.2) is 40.8 Å². The average molecular weight is 366 g/mol. The second-order valence-electron chi connectivity index (χ2n) is 6.73. The highest BCUT2D eigenvalue weighted by Crippen LogP contribution is 2.33. The standard InChI is InChI=1S/C18H21F3N4O/c1-12(2)8-14-11-26-7-6-25(14)16-9-15(18(19,20)21)23-17(24-16)13-4-3-5-22-10-13/h3-5,9-10,12,14H,6-8,11H2,1-2H3/t14-/m0/s1. The first-order chi connectivity index (χ1) is 12.3. The molecule has 0 aromatic carbocycles. The van der Waals surface area contributed by atoms with Gasteiger partial charge in [0.1, 0.15) is 5.82 Å². The number of pyridine rings is 1. The van der Waals surface area contributed by atoms with Crippen LogP contribution < -0.4 is 4.90 Å². The van der Waals surface area contributed by atoms with Crippen molar-refractivity contribution in [1.82, 2.24) is 15.0 Å². The lowest BCUT2D eigenvalue weighted by Gasteiger charge is -2.37. The number of ether oxygens (including phenoxy) is 1. The third-order valence-corrected chi connectivity index (χ3v) is 4.19. The Labute approximate surface area is 150 Å². The van der Waals surface area contributed by atoms with Gasteiger partial charge in [0, 0.05) is 30.6 Å². The molecule has 0 unspecified atom stereocenters. The summed E-state index contributed by atoms with van der Waals surface area (Å²) in [5, 5.41) is 0. The highest BCUT2D eigenvalue weighted by Gasteiger charge is 2.35. The van der Waals surface area contributed by atoms with Crippen molar-refractivity contribution in [3.8, 4) is 11.4 Å². The molecule has 0 aliphatic carbocycles. The summed E-state index contributed by atoms with van der Waals surface area (Å²) in [5.41, 5.74) is -0.496. The van der Waals surface area contributed by atoms with Crippen molar-refractivity contribution >= 4 is 5.82 Å². The SMILES string of the molecule is CC(C)C[C@H]1COCCN1c1cc(C(F)(F)F)nc(-c2cccnc2)n1. The Morgan fingerprint density at radius 1 is 1.31 bits per heavy atom. The summed E-state index contributed by atoms with van der Waals surface area (Å²) in [7, 11) is 0. The molecule has 0 N–H and O–H groups in total. The van der Waals surface area contributed by atoms with Gasteiger partial charge in [0.15, 0.2) is 11.5 Å². The maximum absolute atomic E-state index is 13.4. The third kappa shape index (κ3) is 4.30. The van der Waals surface area contributed by atoms with Gasteiger partial charge < -0.3 is 9.64 Å². The summed E-state index contributed by atoms with van der Waals surface area (Å²) in [6, 6.07) is 4.31. The number of alkyl halides is 3. The zero-order valence-corrected chi connectivity index (χ0v) is 14.7. The lowest BCUT2D eigenvalue weighted by molar-refractivity contribution is -0.141. The number of aromatic nitrogens is 3. The minimum atomic E-state index is -4.55. The van der Waals surface area contributed by atoms with Crippen LogP contribution in [0.3, 0.4) is 0 Å². The van der Waals surface area contributed by atoms with Crippen molar-refractivity contribution in [2.45, 2.75) is 32.5 Å². The predicted molar refractivity (Wildman–Crippen MR) is 91.7 cm³/mol. The Morgan fingerprint density at radius 2 is 2.12 bits per heavy atom. The lowest BCUT2D eigenvalue weighted by Crippen LogP contribution is -2.46. The number of hydrogen-bond acceptors (Lipinski definition) is 5. The molecule has 3 heterocycles. The van der Waals surface area contributed by atoms with Crippen molar-refractivity contribution in [2.75, 3.05) is 24.7 Å². The van der Waals surface area contributed by atoms with Crippen LogP contribution in [0.5, 0.6) is 0 Å². The number of anilines is 1. The van der Waals surface area contributed by atoms with E-state index in [-0.39, 0.29) is 17.7 Å². The molecule has 3 rings (SSSR count). The Balaban J connectivity index is 2.05. The molecular weight excluding hydrogens is 345 g/mol. The van der Waals surface area contributed by atoms with Gasteiger partial charge >= 0.3 is 6.18 Å². The third-order valence-electron chi connectivity index (χ3n) is 4.19.